The van der Waals surface area contributed by atoms with Gasteiger partial charge in [0.2, 0.25) is 0 Å². The minimum Gasteiger partial charge on any atom is -0.258 e. The molecule has 0 unspecified atom stereocenters. The normalized spacial score (nSPS) is 9.82. The number of non-ortho nitro benzene ring substituents is 1. The van der Waals surface area contributed by atoms with E-state index in [1.54, 1.807) is 0 Å². The first-order chi connectivity index (χ1) is 8.20. The lowest BCUT2D eigenvalue weighted by Crippen LogP contribution is -1.90. The van der Waals surface area contributed by atoms with Crippen LogP contribution in [0.4, 0.5) is 5.69 Å². The summed E-state index contributed by atoms with van der Waals surface area (Å²) >= 11 is 1.19. The fourth-order valence-corrected chi connectivity index (χ4v) is 1.91. The van der Waals surface area contributed by atoms with Gasteiger partial charge < -0.3 is 0 Å². The third-order valence-corrected chi connectivity index (χ3v) is 2.86. The summed E-state index contributed by atoms with van der Waals surface area (Å²) in [6.45, 7) is 0. The van der Waals surface area contributed by atoms with Gasteiger partial charge >= 0.3 is 0 Å². The van der Waals surface area contributed by atoms with E-state index < -0.39 is 4.92 Å². The van der Waals surface area contributed by atoms with E-state index in [0.717, 1.165) is 0 Å². The van der Waals surface area contributed by atoms with Gasteiger partial charge in [-0.1, -0.05) is 0 Å². The van der Waals surface area contributed by atoms with Crippen molar-refractivity contribution < 1.29 is 4.92 Å². The SMILES string of the molecule is N#Cc1cc([N+](=O)[O-])ccc1Sc1ncn[nH]1. The Morgan fingerprint density at radius 1 is 1.53 bits per heavy atom. The maximum absolute atomic E-state index is 10.6. The van der Waals surface area contributed by atoms with Crippen molar-refractivity contribution in [1.29, 1.82) is 5.26 Å². The van der Waals surface area contributed by atoms with Crippen molar-refractivity contribution in [2.24, 2.45) is 0 Å². The van der Waals surface area contributed by atoms with Gasteiger partial charge in [0.15, 0.2) is 5.16 Å². The topological polar surface area (TPSA) is 108 Å². The molecule has 1 aromatic carbocycles. The van der Waals surface area contributed by atoms with Crippen molar-refractivity contribution in [2.45, 2.75) is 10.1 Å². The quantitative estimate of drug-likeness (QED) is 0.653. The first kappa shape index (κ1) is 11.1. The zero-order valence-corrected chi connectivity index (χ0v) is 9.14. The summed E-state index contributed by atoms with van der Waals surface area (Å²) in [5.74, 6) is 0. The second-order valence-corrected chi connectivity index (χ2v) is 3.97. The van der Waals surface area contributed by atoms with Crippen molar-refractivity contribution in [3.8, 4) is 6.07 Å². The van der Waals surface area contributed by atoms with Crippen LogP contribution in [0.3, 0.4) is 0 Å². The van der Waals surface area contributed by atoms with E-state index in [0.29, 0.717) is 10.1 Å². The lowest BCUT2D eigenvalue weighted by molar-refractivity contribution is -0.384. The van der Waals surface area contributed by atoms with E-state index in [9.17, 15) is 10.1 Å². The van der Waals surface area contributed by atoms with Crippen molar-refractivity contribution in [1.82, 2.24) is 15.2 Å². The monoisotopic (exact) mass is 247 g/mol. The number of benzene rings is 1. The summed E-state index contributed by atoms with van der Waals surface area (Å²) in [5, 5.41) is 26.3. The van der Waals surface area contributed by atoms with Gasteiger partial charge in [0.1, 0.15) is 12.4 Å². The number of H-pyrrole nitrogens is 1. The summed E-state index contributed by atoms with van der Waals surface area (Å²) in [7, 11) is 0. The first-order valence-corrected chi connectivity index (χ1v) is 5.24. The molecule has 0 saturated carbocycles. The van der Waals surface area contributed by atoms with Gasteiger partial charge in [0.25, 0.3) is 5.69 Å². The number of rotatable bonds is 3. The van der Waals surface area contributed by atoms with Crippen molar-refractivity contribution in [3.63, 3.8) is 0 Å². The van der Waals surface area contributed by atoms with Crippen molar-refractivity contribution >= 4 is 17.4 Å². The lowest BCUT2D eigenvalue weighted by Gasteiger charge is -2.00. The van der Waals surface area contributed by atoms with Crippen LogP contribution in [0, 0.1) is 21.4 Å². The molecule has 0 aliphatic carbocycles. The van der Waals surface area contributed by atoms with Crippen molar-refractivity contribution in [2.75, 3.05) is 0 Å². The Hall–Kier alpha value is -2.40. The van der Waals surface area contributed by atoms with Gasteiger partial charge in [-0.15, -0.1) is 0 Å². The summed E-state index contributed by atoms with van der Waals surface area (Å²) in [5.41, 5.74) is 0.129. The third-order valence-electron chi connectivity index (χ3n) is 1.89. The highest BCUT2D eigenvalue weighted by atomic mass is 32.2. The average molecular weight is 247 g/mol. The zero-order valence-electron chi connectivity index (χ0n) is 8.32. The Balaban J connectivity index is 2.35. The van der Waals surface area contributed by atoms with Crippen LogP contribution < -0.4 is 0 Å². The van der Waals surface area contributed by atoms with Crippen LogP contribution in [-0.2, 0) is 0 Å². The molecule has 1 heterocycles. The molecule has 8 heteroatoms. The zero-order chi connectivity index (χ0) is 12.3. The highest BCUT2D eigenvalue weighted by molar-refractivity contribution is 7.99. The minimum absolute atomic E-state index is 0.108. The number of hydrogen-bond donors (Lipinski definition) is 1. The minimum atomic E-state index is -0.538. The maximum Gasteiger partial charge on any atom is 0.270 e. The van der Waals surface area contributed by atoms with Gasteiger partial charge in [0.05, 0.1) is 10.5 Å². The highest BCUT2D eigenvalue weighted by Crippen LogP contribution is 2.29. The molecule has 2 rings (SSSR count). The van der Waals surface area contributed by atoms with E-state index >= 15 is 0 Å². The third kappa shape index (κ3) is 2.40. The van der Waals surface area contributed by atoms with Crippen LogP contribution in [-0.4, -0.2) is 20.1 Å². The second kappa shape index (κ2) is 4.63. The Bertz CT molecular complexity index is 590. The summed E-state index contributed by atoms with van der Waals surface area (Å²) in [4.78, 5) is 14.5. The van der Waals surface area contributed by atoms with Gasteiger partial charge in [-0.05, 0) is 17.8 Å². The van der Waals surface area contributed by atoms with Crippen molar-refractivity contribution in [3.05, 3.63) is 40.2 Å². The highest BCUT2D eigenvalue weighted by Gasteiger charge is 2.12. The van der Waals surface area contributed by atoms with E-state index in [1.165, 1.54) is 36.3 Å². The number of aromatic nitrogens is 3. The summed E-state index contributed by atoms with van der Waals surface area (Å²) < 4.78 is 0. The molecule has 0 amide bonds. The van der Waals surface area contributed by atoms with E-state index in [-0.39, 0.29) is 11.3 Å². The Morgan fingerprint density at radius 3 is 2.94 bits per heavy atom. The van der Waals surface area contributed by atoms with Gasteiger partial charge in [-0.25, -0.2) is 4.98 Å². The number of aromatic amines is 1. The largest absolute Gasteiger partial charge is 0.270 e. The molecule has 84 valence electrons. The average Bonchev–Trinajstić information content (AvgIpc) is 2.82. The molecule has 1 aromatic heterocycles. The molecule has 0 bridgehead atoms. The fraction of sp³-hybridized carbons (Fsp3) is 0. The molecule has 17 heavy (non-hydrogen) atoms. The Labute approximate surface area is 99.6 Å². The maximum atomic E-state index is 10.6. The number of nitriles is 1. The van der Waals surface area contributed by atoms with Gasteiger partial charge in [-0.2, -0.15) is 10.4 Å². The molecule has 1 N–H and O–H groups in total. The molecule has 7 nitrogen and oxygen atoms in total. The molecule has 0 aliphatic heterocycles. The van der Waals surface area contributed by atoms with Gasteiger partial charge in [-0.3, -0.25) is 15.2 Å². The van der Waals surface area contributed by atoms with Crippen LogP contribution in [0.1, 0.15) is 5.56 Å². The predicted octanol–water partition coefficient (Wildman–Crippen LogP) is 1.74. The predicted molar refractivity (Wildman–Crippen MR) is 58.3 cm³/mol. The molecule has 2 aromatic rings. The molecule has 0 saturated heterocycles. The van der Waals surface area contributed by atoms with E-state index in [4.69, 9.17) is 5.26 Å². The Morgan fingerprint density at radius 2 is 2.35 bits per heavy atom. The van der Waals surface area contributed by atoms with Crippen LogP contribution in [0.2, 0.25) is 0 Å². The Kier molecular flexibility index (Phi) is 3.02. The molecule has 0 radical (unpaired) electrons. The molecule has 0 fully saturated rings. The summed E-state index contributed by atoms with van der Waals surface area (Å²) in [6, 6.07) is 6.02. The first-order valence-electron chi connectivity index (χ1n) is 4.42. The molecule has 0 atom stereocenters. The van der Waals surface area contributed by atoms with Crippen LogP contribution in [0.5, 0.6) is 0 Å². The van der Waals surface area contributed by atoms with E-state index in [2.05, 4.69) is 15.2 Å². The smallest absolute Gasteiger partial charge is 0.258 e. The standard InChI is InChI=1S/C9H5N5O2S/c10-4-6-3-7(14(15)16)1-2-8(6)17-9-11-5-12-13-9/h1-3,5H,(H,11,12,13). The number of nitro groups is 1. The fourth-order valence-electron chi connectivity index (χ4n) is 1.16. The number of nitrogens with one attached hydrogen (secondary N) is 1. The number of nitrogens with zero attached hydrogens (tertiary/aromatic N) is 4. The number of hydrogen-bond acceptors (Lipinski definition) is 6. The lowest BCUT2D eigenvalue weighted by atomic mass is 10.2. The van der Waals surface area contributed by atoms with Crippen LogP contribution in [0.25, 0.3) is 0 Å². The molecule has 0 aliphatic rings. The second-order valence-electron chi connectivity index (χ2n) is 2.94. The summed E-state index contributed by atoms with van der Waals surface area (Å²) in [6.07, 6.45) is 1.35. The van der Waals surface area contributed by atoms with Gasteiger partial charge in [0, 0.05) is 17.0 Å². The van der Waals surface area contributed by atoms with Crippen LogP contribution >= 0.6 is 11.8 Å². The van der Waals surface area contributed by atoms with E-state index in [1.807, 2.05) is 6.07 Å². The molecular weight excluding hydrogens is 242 g/mol. The van der Waals surface area contributed by atoms with Crippen LogP contribution in [0.15, 0.2) is 34.6 Å². The molecule has 0 spiro atoms. The number of nitro benzene ring substituents is 1. The molecular formula is C9H5N5O2S.